The van der Waals surface area contributed by atoms with Crippen LogP contribution >= 0.6 is 11.8 Å². The van der Waals surface area contributed by atoms with Crippen molar-refractivity contribution in [3.05, 3.63) is 23.8 Å². The summed E-state index contributed by atoms with van der Waals surface area (Å²) < 4.78 is 0. The number of nitriles is 1. The van der Waals surface area contributed by atoms with Gasteiger partial charge < -0.3 is 20.6 Å². The van der Waals surface area contributed by atoms with Crippen molar-refractivity contribution in [1.29, 1.82) is 5.26 Å². The van der Waals surface area contributed by atoms with E-state index in [1.54, 1.807) is 12.1 Å². The second kappa shape index (κ2) is 7.36. The summed E-state index contributed by atoms with van der Waals surface area (Å²) in [6, 6.07) is 7.44. The Kier molecular flexibility index (Phi) is 6.12. The topological polar surface area (TPSA) is 96.5 Å². The number of anilines is 1. The Morgan fingerprint density at radius 2 is 1.89 bits per heavy atom. The third-order valence-corrected chi connectivity index (χ3v) is 3.69. The van der Waals surface area contributed by atoms with Crippen molar-refractivity contribution in [3.8, 4) is 6.07 Å². The molecule has 0 spiro atoms. The summed E-state index contributed by atoms with van der Waals surface area (Å²) in [4.78, 5) is 0.831. The highest BCUT2D eigenvalue weighted by Crippen LogP contribution is 2.29. The lowest BCUT2D eigenvalue weighted by Crippen LogP contribution is -2.49. The number of aliphatic hydroxyl groups excluding tert-OH is 3. The van der Waals surface area contributed by atoms with Gasteiger partial charge in [-0.25, -0.2) is 0 Å². The molecule has 0 aliphatic heterocycles. The molecular formula is C13H18N2O3S. The summed E-state index contributed by atoms with van der Waals surface area (Å²) in [5.74, 6) is 0.837. The molecule has 0 fully saturated rings. The summed E-state index contributed by atoms with van der Waals surface area (Å²) in [7, 11) is 0. The van der Waals surface area contributed by atoms with Gasteiger partial charge in [-0.05, 0) is 17.9 Å². The minimum atomic E-state index is -1.24. The molecule has 0 bridgehead atoms. The standard InChI is InChI=1S/C13H18N2O3S/c1-2-19-12-5-3-4-11(10(12)6-14)15-13(7-16,8-17)9-18/h3-5,15-18H,2,7-9H2,1H3. The quantitative estimate of drug-likeness (QED) is 0.552. The van der Waals surface area contributed by atoms with Gasteiger partial charge in [-0.15, -0.1) is 11.8 Å². The van der Waals surface area contributed by atoms with Crippen molar-refractivity contribution < 1.29 is 15.3 Å². The fraction of sp³-hybridized carbons (Fsp3) is 0.462. The van der Waals surface area contributed by atoms with Gasteiger partial charge in [0.2, 0.25) is 0 Å². The van der Waals surface area contributed by atoms with E-state index >= 15 is 0 Å². The van der Waals surface area contributed by atoms with Gasteiger partial charge in [0.05, 0.1) is 31.1 Å². The number of nitrogens with zero attached hydrogens (tertiary/aromatic N) is 1. The van der Waals surface area contributed by atoms with Gasteiger partial charge in [-0.3, -0.25) is 0 Å². The first-order chi connectivity index (χ1) is 9.16. The lowest BCUT2D eigenvalue weighted by molar-refractivity contribution is 0.0833. The van der Waals surface area contributed by atoms with Crippen molar-refractivity contribution in [2.75, 3.05) is 30.9 Å². The summed E-state index contributed by atoms with van der Waals surface area (Å²) in [5, 5.41) is 40.0. The van der Waals surface area contributed by atoms with Crippen molar-refractivity contribution in [3.63, 3.8) is 0 Å². The Labute approximate surface area is 116 Å². The molecule has 19 heavy (non-hydrogen) atoms. The zero-order valence-corrected chi connectivity index (χ0v) is 11.6. The van der Waals surface area contributed by atoms with E-state index in [0.29, 0.717) is 11.3 Å². The van der Waals surface area contributed by atoms with Gasteiger partial charge in [0, 0.05) is 4.90 Å². The van der Waals surface area contributed by atoms with E-state index in [1.165, 1.54) is 11.8 Å². The second-order valence-electron chi connectivity index (χ2n) is 4.10. The van der Waals surface area contributed by atoms with E-state index in [0.717, 1.165) is 10.6 Å². The molecule has 104 valence electrons. The van der Waals surface area contributed by atoms with Gasteiger partial charge in [0.1, 0.15) is 11.6 Å². The number of benzene rings is 1. The zero-order valence-electron chi connectivity index (χ0n) is 10.8. The van der Waals surface area contributed by atoms with Crippen LogP contribution in [0.5, 0.6) is 0 Å². The molecule has 0 aliphatic carbocycles. The third kappa shape index (κ3) is 3.61. The Balaban J connectivity index is 3.14. The van der Waals surface area contributed by atoms with Gasteiger partial charge in [0.15, 0.2) is 0 Å². The van der Waals surface area contributed by atoms with E-state index in [1.807, 2.05) is 13.0 Å². The largest absolute Gasteiger partial charge is 0.394 e. The first kappa shape index (κ1) is 15.8. The minimum Gasteiger partial charge on any atom is -0.394 e. The Morgan fingerprint density at radius 1 is 1.26 bits per heavy atom. The van der Waals surface area contributed by atoms with Gasteiger partial charge in [-0.1, -0.05) is 13.0 Å². The summed E-state index contributed by atoms with van der Waals surface area (Å²) in [6.45, 7) is 0.688. The average molecular weight is 282 g/mol. The second-order valence-corrected chi connectivity index (χ2v) is 5.41. The predicted molar refractivity (Wildman–Crippen MR) is 75.2 cm³/mol. The van der Waals surface area contributed by atoms with Gasteiger partial charge in [-0.2, -0.15) is 5.26 Å². The summed E-state index contributed by atoms with van der Waals surface area (Å²) in [5.41, 5.74) is -0.284. The van der Waals surface area contributed by atoms with E-state index in [-0.39, 0.29) is 0 Å². The minimum absolute atomic E-state index is 0.435. The van der Waals surface area contributed by atoms with Crippen LogP contribution in [-0.2, 0) is 0 Å². The molecule has 4 N–H and O–H groups in total. The molecule has 0 saturated carbocycles. The van der Waals surface area contributed by atoms with Crippen LogP contribution < -0.4 is 5.32 Å². The van der Waals surface area contributed by atoms with E-state index in [2.05, 4.69) is 11.4 Å². The van der Waals surface area contributed by atoms with E-state index in [4.69, 9.17) is 0 Å². The average Bonchev–Trinajstić information content (AvgIpc) is 2.45. The number of rotatable bonds is 7. The van der Waals surface area contributed by atoms with E-state index in [9.17, 15) is 20.6 Å². The first-order valence-corrected chi connectivity index (χ1v) is 6.91. The highest BCUT2D eigenvalue weighted by molar-refractivity contribution is 7.99. The Morgan fingerprint density at radius 3 is 2.37 bits per heavy atom. The van der Waals surface area contributed by atoms with Crippen LogP contribution in [0.3, 0.4) is 0 Å². The Bertz CT molecular complexity index is 447. The molecule has 0 unspecified atom stereocenters. The van der Waals surface area contributed by atoms with Crippen molar-refractivity contribution in [2.45, 2.75) is 17.4 Å². The number of hydrogen-bond donors (Lipinski definition) is 4. The smallest absolute Gasteiger partial charge is 0.107 e. The summed E-state index contributed by atoms with van der Waals surface area (Å²) >= 11 is 1.54. The molecule has 1 aromatic carbocycles. The highest BCUT2D eigenvalue weighted by Gasteiger charge is 2.28. The number of aliphatic hydroxyl groups is 3. The SMILES string of the molecule is CCSc1cccc(NC(CO)(CO)CO)c1C#N. The predicted octanol–water partition coefficient (Wildman–Crippen LogP) is 0.798. The van der Waals surface area contributed by atoms with E-state index < -0.39 is 25.4 Å². The molecule has 0 atom stereocenters. The van der Waals surface area contributed by atoms with Gasteiger partial charge in [0.25, 0.3) is 0 Å². The fourth-order valence-electron chi connectivity index (χ4n) is 1.58. The van der Waals surface area contributed by atoms with Crippen LogP contribution in [0.15, 0.2) is 23.1 Å². The number of thioether (sulfide) groups is 1. The molecule has 0 heterocycles. The molecule has 6 heteroatoms. The maximum Gasteiger partial charge on any atom is 0.107 e. The molecule has 5 nitrogen and oxygen atoms in total. The van der Waals surface area contributed by atoms with Crippen LogP contribution in [0.4, 0.5) is 5.69 Å². The lowest BCUT2D eigenvalue weighted by Gasteiger charge is -2.30. The third-order valence-electron chi connectivity index (χ3n) is 2.75. The molecular weight excluding hydrogens is 264 g/mol. The lowest BCUT2D eigenvalue weighted by atomic mass is 10.0. The maximum atomic E-state index is 9.30. The molecule has 0 radical (unpaired) electrons. The van der Waals surface area contributed by atoms with Crippen molar-refractivity contribution in [2.24, 2.45) is 0 Å². The zero-order chi connectivity index (χ0) is 14.3. The molecule has 1 rings (SSSR count). The molecule has 1 aromatic rings. The van der Waals surface area contributed by atoms with Crippen LogP contribution in [0.2, 0.25) is 0 Å². The van der Waals surface area contributed by atoms with Crippen molar-refractivity contribution >= 4 is 17.4 Å². The monoisotopic (exact) mass is 282 g/mol. The first-order valence-electron chi connectivity index (χ1n) is 5.93. The summed E-state index contributed by atoms with van der Waals surface area (Å²) in [6.07, 6.45) is 0. The number of nitrogens with one attached hydrogen (secondary N) is 1. The molecule has 0 amide bonds. The van der Waals surface area contributed by atoms with Crippen LogP contribution in [0.25, 0.3) is 0 Å². The fourth-order valence-corrected chi connectivity index (χ4v) is 2.37. The molecule has 0 aliphatic rings. The highest BCUT2D eigenvalue weighted by atomic mass is 32.2. The molecule has 0 aromatic heterocycles. The van der Waals surface area contributed by atoms with Crippen LogP contribution in [0.1, 0.15) is 12.5 Å². The van der Waals surface area contributed by atoms with Crippen LogP contribution in [-0.4, -0.2) is 46.4 Å². The van der Waals surface area contributed by atoms with Crippen molar-refractivity contribution in [1.82, 2.24) is 0 Å². The maximum absolute atomic E-state index is 9.30. The van der Waals surface area contributed by atoms with Crippen LogP contribution in [0, 0.1) is 11.3 Å². The number of hydrogen-bond acceptors (Lipinski definition) is 6. The molecule has 0 saturated heterocycles. The van der Waals surface area contributed by atoms with Gasteiger partial charge >= 0.3 is 0 Å². The normalized spacial score (nSPS) is 11.1. The Hall–Kier alpha value is -1.26.